The van der Waals surface area contributed by atoms with Crippen LogP contribution in [0.5, 0.6) is 5.75 Å². The van der Waals surface area contributed by atoms with Crippen LogP contribution in [0.15, 0.2) is 42.5 Å². The van der Waals surface area contributed by atoms with Gasteiger partial charge in [0.15, 0.2) is 6.10 Å². The van der Waals surface area contributed by atoms with Crippen molar-refractivity contribution in [2.75, 3.05) is 0 Å². The SMILES string of the molecule is Cc1cc(O[C@H](C)C(=O)N[C@@H](C)c2ccccc2)cc(C)c1Cl. The van der Waals surface area contributed by atoms with Crippen molar-refractivity contribution < 1.29 is 9.53 Å². The highest BCUT2D eigenvalue weighted by atomic mass is 35.5. The molecule has 122 valence electrons. The van der Waals surface area contributed by atoms with Gasteiger partial charge in [0.2, 0.25) is 0 Å². The average Bonchev–Trinajstić information content (AvgIpc) is 2.53. The quantitative estimate of drug-likeness (QED) is 0.869. The van der Waals surface area contributed by atoms with Gasteiger partial charge in [-0.3, -0.25) is 4.79 Å². The Morgan fingerprint density at radius 1 is 1.09 bits per heavy atom. The minimum Gasteiger partial charge on any atom is -0.481 e. The Morgan fingerprint density at radius 2 is 1.65 bits per heavy atom. The highest BCUT2D eigenvalue weighted by Gasteiger charge is 2.18. The van der Waals surface area contributed by atoms with Crippen LogP contribution in [-0.4, -0.2) is 12.0 Å². The highest BCUT2D eigenvalue weighted by Crippen LogP contribution is 2.26. The zero-order valence-electron chi connectivity index (χ0n) is 13.9. The first-order chi connectivity index (χ1) is 10.9. The summed E-state index contributed by atoms with van der Waals surface area (Å²) in [6, 6.07) is 13.5. The molecule has 1 amide bonds. The molecule has 0 heterocycles. The maximum absolute atomic E-state index is 12.3. The van der Waals surface area contributed by atoms with Gasteiger partial charge in [-0.1, -0.05) is 41.9 Å². The Hall–Kier alpha value is -2.00. The minimum absolute atomic E-state index is 0.0663. The molecular formula is C19H22ClNO2. The van der Waals surface area contributed by atoms with E-state index in [0.29, 0.717) is 5.75 Å². The Kier molecular flexibility index (Phi) is 5.67. The van der Waals surface area contributed by atoms with E-state index in [1.807, 2.05) is 63.2 Å². The van der Waals surface area contributed by atoms with E-state index >= 15 is 0 Å². The van der Waals surface area contributed by atoms with Gasteiger partial charge < -0.3 is 10.1 Å². The molecule has 0 fully saturated rings. The highest BCUT2D eigenvalue weighted by molar-refractivity contribution is 6.32. The number of hydrogen-bond donors (Lipinski definition) is 1. The van der Waals surface area contributed by atoms with Gasteiger partial charge >= 0.3 is 0 Å². The second-order valence-corrected chi connectivity index (χ2v) is 6.15. The second kappa shape index (κ2) is 7.51. The number of hydrogen-bond acceptors (Lipinski definition) is 2. The van der Waals surface area contributed by atoms with Gasteiger partial charge in [0.25, 0.3) is 5.91 Å². The van der Waals surface area contributed by atoms with Crippen LogP contribution in [0.25, 0.3) is 0 Å². The Morgan fingerprint density at radius 3 is 2.22 bits per heavy atom. The number of amides is 1. The van der Waals surface area contributed by atoms with Crippen molar-refractivity contribution in [1.29, 1.82) is 0 Å². The van der Waals surface area contributed by atoms with Crippen LogP contribution in [0.2, 0.25) is 5.02 Å². The largest absolute Gasteiger partial charge is 0.481 e. The molecule has 0 bridgehead atoms. The van der Waals surface area contributed by atoms with Crippen molar-refractivity contribution in [3.63, 3.8) is 0 Å². The maximum Gasteiger partial charge on any atom is 0.261 e. The van der Waals surface area contributed by atoms with E-state index in [1.54, 1.807) is 6.92 Å². The van der Waals surface area contributed by atoms with E-state index < -0.39 is 6.10 Å². The first-order valence-corrected chi connectivity index (χ1v) is 8.05. The van der Waals surface area contributed by atoms with Gasteiger partial charge in [0.1, 0.15) is 5.75 Å². The van der Waals surface area contributed by atoms with Crippen molar-refractivity contribution in [2.45, 2.75) is 39.8 Å². The van der Waals surface area contributed by atoms with Gasteiger partial charge in [0, 0.05) is 5.02 Å². The van der Waals surface area contributed by atoms with E-state index in [1.165, 1.54) is 0 Å². The lowest BCUT2D eigenvalue weighted by molar-refractivity contribution is -0.127. The first-order valence-electron chi connectivity index (χ1n) is 7.67. The molecule has 1 N–H and O–H groups in total. The Balaban J connectivity index is 2.00. The molecule has 4 heteroatoms. The zero-order valence-corrected chi connectivity index (χ0v) is 14.6. The third kappa shape index (κ3) is 4.49. The topological polar surface area (TPSA) is 38.3 Å². The van der Waals surface area contributed by atoms with Crippen molar-refractivity contribution >= 4 is 17.5 Å². The summed E-state index contributed by atoms with van der Waals surface area (Å²) >= 11 is 6.15. The first kappa shape index (κ1) is 17.4. The fraction of sp³-hybridized carbons (Fsp3) is 0.316. The lowest BCUT2D eigenvalue weighted by Crippen LogP contribution is -2.37. The normalized spacial score (nSPS) is 13.3. The van der Waals surface area contributed by atoms with Crippen molar-refractivity contribution in [1.82, 2.24) is 5.32 Å². The summed E-state index contributed by atoms with van der Waals surface area (Å²) in [5.41, 5.74) is 2.94. The summed E-state index contributed by atoms with van der Waals surface area (Å²) in [5, 5.41) is 3.70. The van der Waals surface area contributed by atoms with E-state index in [4.69, 9.17) is 16.3 Å². The molecule has 23 heavy (non-hydrogen) atoms. The Bertz CT molecular complexity index is 662. The molecule has 2 rings (SSSR count). The summed E-state index contributed by atoms with van der Waals surface area (Å²) < 4.78 is 5.76. The number of carbonyl (C=O) groups is 1. The lowest BCUT2D eigenvalue weighted by atomic mass is 10.1. The van der Waals surface area contributed by atoms with E-state index in [9.17, 15) is 4.79 Å². The number of benzene rings is 2. The smallest absolute Gasteiger partial charge is 0.261 e. The van der Waals surface area contributed by atoms with E-state index in [0.717, 1.165) is 21.7 Å². The van der Waals surface area contributed by atoms with E-state index in [-0.39, 0.29) is 11.9 Å². The third-order valence-corrected chi connectivity index (χ3v) is 4.35. The van der Waals surface area contributed by atoms with Crippen LogP contribution in [0.1, 0.15) is 36.6 Å². The molecular weight excluding hydrogens is 310 g/mol. The maximum atomic E-state index is 12.3. The molecule has 0 saturated carbocycles. The summed E-state index contributed by atoms with van der Waals surface area (Å²) in [6.45, 7) is 7.54. The molecule has 0 spiro atoms. The minimum atomic E-state index is -0.582. The fourth-order valence-corrected chi connectivity index (χ4v) is 2.50. The van der Waals surface area contributed by atoms with E-state index in [2.05, 4.69) is 5.32 Å². The third-order valence-electron chi connectivity index (χ3n) is 3.75. The predicted molar refractivity (Wildman–Crippen MR) is 94.0 cm³/mol. The Labute approximate surface area is 142 Å². The second-order valence-electron chi connectivity index (χ2n) is 5.77. The summed E-state index contributed by atoms with van der Waals surface area (Å²) in [7, 11) is 0. The molecule has 0 radical (unpaired) electrons. The van der Waals surface area contributed by atoms with Crippen LogP contribution in [0.3, 0.4) is 0 Å². The standard InChI is InChI=1S/C19H22ClNO2/c1-12-10-17(11-13(2)18(12)20)23-15(4)19(22)21-14(3)16-8-6-5-7-9-16/h5-11,14-15H,1-4H3,(H,21,22)/t14-,15+/m0/s1. The van der Waals surface area contributed by atoms with Crippen LogP contribution in [0.4, 0.5) is 0 Å². The number of nitrogens with one attached hydrogen (secondary N) is 1. The molecule has 3 nitrogen and oxygen atoms in total. The number of carbonyl (C=O) groups excluding carboxylic acids is 1. The molecule has 0 aliphatic heterocycles. The summed E-state index contributed by atoms with van der Waals surface area (Å²) in [6.07, 6.45) is -0.582. The number of ether oxygens (including phenoxy) is 1. The molecule has 2 aromatic carbocycles. The summed E-state index contributed by atoms with van der Waals surface area (Å²) in [5.74, 6) is 0.506. The van der Waals surface area contributed by atoms with Crippen LogP contribution in [-0.2, 0) is 4.79 Å². The van der Waals surface area contributed by atoms with Crippen molar-refractivity contribution in [3.05, 3.63) is 64.2 Å². The monoisotopic (exact) mass is 331 g/mol. The molecule has 0 saturated heterocycles. The van der Waals surface area contributed by atoms with Gasteiger partial charge in [-0.15, -0.1) is 0 Å². The van der Waals surface area contributed by atoms with Gasteiger partial charge in [-0.2, -0.15) is 0 Å². The van der Waals surface area contributed by atoms with Crippen LogP contribution < -0.4 is 10.1 Å². The molecule has 0 unspecified atom stereocenters. The van der Waals surface area contributed by atoms with Gasteiger partial charge in [-0.05, 0) is 56.5 Å². The summed E-state index contributed by atoms with van der Waals surface area (Å²) in [4.78, 5) is 12.3. The molecule has 0 aliphatic rings. The zero-order chi connectivity index (χ0) is 17.0. The van der Waals surface area contributed by atoms with Crippen molar-refractivity contribution in [2.24, 2.45) is 0 Å². The molecule has 2 atom stereocenters. The number of rotatable bonds is 5. The van der Waals surface area contributed by atoms with Crippen LogP contribution >= 0.6 is 11.6 Å². The predicted octanol–water partition coefficient (Wildman–Crippen LogP) is 4.60. The molecule has 0 aromatic heterocycles. The fourth-order valence-electron chi connectivity index (χ4n) is 2.39. The molecule has 0 aliphatic carbocycles. The number of halogens is 1. The van der Waals surface area contributed by atoms with Crippen LogP contribution in [0, 0.1) is 13.8 Å². The lowest BCUT2D eigenvalue weighted by Gasteiger charge is -2.19. The number of aryl methyl sites for hydroxylation is 2. The molecule has 2 aromatic rings. The average molecular weight is 332 g/mol. The van der Waals surface area contributed by atoms with Crippen molar-refractivity contribution in [3.8, 4) is 5.75 Å². The van der Waals surface area contributed by atoms with Gasteiger partial charge in [0.05, 0.1) is 6.04 Å². The van der Waals surface area contributed by atoms with Gasteiger partial charge in [-0.25, -0.2) is 0 Å².